The molecule has 0 saturated carbocycles. The van der Waals surface area contributed by atoms with Crippen LogP contribution in [0.1, 0.15) is 35.0 Å². The Morgan fingerprint density at radius 2 is 2.05 bits per heavy atom. The van der Waals surface area contributed by atoms with Crippen molar-refractivity contribution in [3.63, 3.8) is 0 Å². The number of hydrogen-bond donors (Lipinski definition) is 2. The third kappa shape index (κ3) is 4.31. The number of benzene rings is 2. The van der Waals surface area contributed by atoms with E-state index in [4.69, 9.17) is 4.74 Å². The minimum atomic E-state index is -1.04. The fourth-order valence-corrected chi connectivity index (χ4v) is 5.55. The zero-order chi connectivity index (χ0) is 25.7. The van der Waals surface area contributed by atoms with Gasteiger partial charge in [-0.1, -0.05) is 17.3 Å². The second-order valence-electron chi connectivity index (χ2n) is 9.10. The van der Waals surface area contributed by atoms with Gasteiger partial charge in [-0.25, -0.2) is 23.7 Å². The number of halogens is 1. The molecular weight excluding hydrogens is 497 g/mol. The van der Waals surface area contributed by atoms with E-state index in [2.05, 4.69) is 25.4 Å². The van der Waals surface area contributed by atoms with Crippen LogP contribution in [0, 0.1) is 19.7 Å². The highest BCUT2D eigenvalue weighted by molar-refractivity contribution is 7.18. The van der Waals surface area contributed by atoms with Gasteiger partial charge in [-0.2, -0.15) is 5.10 Å². The summed E-state index contributed by atoms with van der Waals surface area (Å²) in [5.41, 5.74) is 3.32. The molecule has 4 unspecified atom stereocenters. The van der Waals surface area contributed by atoms with Crippen molar-refractivity contribution in [2.75, 3.05) is 6.61 Å². The summed E-state index contributed by atoms with van der Waals surface area (Å²) < 4.78 is 24.5. The van der Waals surface area contributed by atoms with Gasteiger partial charge in [-0.3, -0.25) is 0 Å². The van der Waals surface area contributed by atoms with Gasteiger partial charge in [0.05, 0.1) is 39.8 Å². The zero-order valence-corrected chi connectivity index (χ0v) is 20.9. The van der Waals surface area contributed by atoms with Gasteiger partial charge in [-0.15, -0.1) is 16.4 Å². The van der Waals surface area contributed by atoms with Gasteiger partial charge in [0.15, 0.2) is 5.82 Å². The van der Waals surface area contributed by atoms with Crippen molar-refractivity contribution in [2.24, 2.45) is 0 Å². The number of aliphatic hydroxyl groups is 2. The Kier molecular flexibility index (Phi) is 6.03. The van der Waals surface area contributed by atoms with Crippen molar-refractivity contribution >= 4 is 21.6 Å². The van der Waals surface area contributed by atoms with E-state index in [9.17, 15) is 14.6 Å². The number of aromatic nitrogens is 7. The van der Waals surface area contributed by atoms with Crippen molar-refractivity contribution < 1.29 is 19.3 Å². The highest BCUT2D eigenvalue weighted by atomic mass is 32.1. The molecule has 6 rings (SSSR count). The van der Waals surface area contributed by atoms with Crippen molar-refractivity contribution in [3.8, 4) is 16.9 Å². The summed E-state index contributed by atoms with van der Waals surface area (Å²) in [6.45, 7) is 3.27. The Bertz CT molecular complexity index is 1580. The van der Waals surface area contributed by atoms with Gasteiger partial charge >= 0.3 is 0 Å². The average Bonchev–Trinajstić information content (AvgIpc) is 3.64. The molecule has 1 fully saturated rings. The quantitative estimate of drug-likeness (QED) is 0.361. The molecule has 2 aromatic carbocycles. The maximum atomic E-state index is 14.1. The number of thiazole rings is 1. The van der Waals surface area contributed by atoms with Crippen molar-refractivity contribution in [3.05, 3.63) is 71.1 Å². The summed E-state index contributed by atoms with van der Waals surface area (Å²) in [5, 5.41) is 34.8. The summed E-state index contributed by atoms with van der Waals surface area (Å²) >= 11 is 1.60. The lowest BCUT2D eigenvalue weighted by Crippen LogP contribution is -2.45. The first-order valence-corrected chi connectivity index (χ1v) is 12.6. The summed E-state index contributed by atoms with van der Waals surface area (Å²) in [4.78, 5) is 8.97. The van der Waals surface area contributed by atoms with Crippen LogP contribution >= 0.6 is 11.3 Å². The van der Waals surface area contributed by atoms with Crippen molar-refractivity contribution in [1.82, 2.24) is 34.7 Å². The number of aryl methyl sites for hydroxylation is 2. The number of rotatable bonds is 5. The van der Waals surface area contributed by atoms with Crippen LogP contribution in [-0.2, 0) is 4.74 Å². The van der Waals surface area contributed by atoms with E-state index < -0.39 is 24.4 Å². The molecule has 1 aliphatic rings. The zero-order valence-electron chi connectivity index (χ0n) is 20.1. The van der Waals surface area contributed by atoms with E-state index in [1.54, 1.807) is 46.0 Å². The summed E-state index contributed by atoms with van der Waals surface area (Å²) in [5.74, 6) is 0.210. The van der Waals surface area contributed by atoms with Crippen molar-refractivity contribution in [2.45, 2.75) is 44.6 Å². The molecule has 4 heterocycles. The first kappa shape index (κ1) is 23.8. The lowest BCUT2D eigenvalue weighted by Gasteiger charge is -2.38. The summed E-state index contributed by atoms with van der Waals surface area (Å²) in [6.07, 6.45) is 0.928. The predicted octanol–water partition coefficient (Wildman–Crippen LogP) is 3.32. The number of ether oxygens (including phenoxy) is 1. The molecule has 10 nitrogen and oxygen atoms in total. The lowest BCUT2D eigenvalue weighted by atomic mass is 9.95. The molecule has 37 heavy (non-hydrogen) atoms. The maximum absolute atomic E-state index is 14.1. The standard InChI is InChI=1S/C25H24FN7O3S/c1-13-3-4-15(7-17(13)26)19-10-32(31-30-19)20-9-21(36-22(11-34)24(20)35)25-27-12-28-33(25)16-5-6-18-23(8-16)37-14(2)29-18/h3-8,10,12,20-22,24,34-35H,9,11H2,1-2H3. The van der Waals surface area contributed by atoms with Crippen LogP contribution in [-0.4, -0.2) is 63.8 Å². The van der Waals surface area contributed by atoms with Crippen LogP contribution in [0.5, 0.6) is 0 Å². The van der Waals surface area contributed by atoms with Gasteiger partial charge in [-0.05, 0) is 43.7 Å². The highest BCUT2D eigenvalue weighted by Crippen LogP contribution is 2.38. The largest absolute Gasteiger partial charge is 0.394 e. The second-order valence-corrected chi connectivity index (χ2v) is 10.3. The Labute approximate surface area is 215 Å². The van der Waals surface area contributed by atoms with E-state index in [-0.39, 0.29) is 12.4 Å². The molecule has 1 saturated heterocycles. The molecule has 3 aromatic heterocycles. The Hall–Kier alpha value is -3.58. The van der Waals surface area contributed by atoms with Crippen LogP contribution in [0.3, 0.4) is 0 Å². The van der Waals surface area contributed by atoms with Gasteiger partial charge in [0.1, 0.15) is 36.2 Å². The minimum Gasteiger partial charge on any atom is -0.394 e. The monoisotopic (exact) mass is 521 g/mol. The van der Waals surface area contributed by atoms with E-state index in [1.807, 2.05) is 25.1 Å². The Morgan fingerprint density at radius 1 is 1.19 bits per heavy atom. The summed E-state index contributed by atoms with van der Waals surface area (Å²) in [6, 6.07) is 10.2. The van der Waals surface area contributed by atoms with Crippen LogP contribution in [0.2, 0.25) is 0 Å². The Balaban J connectivity index is 1.32. The molecule has 12 heteroatoms. The third-order valence-corrected chi connectivity index (χ3v) is 7.59. The fourth-order valence-electron chi connectivity index (χ4n) is 4.69. The first-order valence-electron chi connectivity index (χ1n) is 11.8. The molecule has 0 radical (unpaired) electrons. The molecule has 4 atom stereocenters. The molecule has 190 valence electrons. The normalized spacial score (nSPS) is 22.1. The van der Waals surface area contributed by atoms with Crippen LogP contribution in [0.15, 0.2) is 48.9 Å². The van der Waals surface area contributed by atoms with Crippen LogP contribution < -0.4 is 0 Å². The smallest absolute Gasteiger partial charge is 0.161 e. The topological polar surface area (TPSA) is 124 Å². The average molecular weight is 522 g/mol. The fraction of sp³-hybridized carbons (Fsp3) is 0.320. The van der Waals surface area contributed by atoms with Crippen LogP contribution in [0.4, 0.5) is 4.39 Å². The molecule has 0 amide bonds. The van der Waals surface area contributed by atoms with E-state index in [0.717, 1.165) is 20.9 Å². The maximum Gasteiger partial charge on any atom is 0.161 e. The molecule has 0 bridgehead atoms. The number of fused-ring (bicyclic) bond motifs is 1. The number of hydrogen-bond acceptors (Lipinski definition) is 9. The van der Waals surface area contributed by atoms with Gasteiger partial charge in [0.25, 0.3) is 0 Å². The molecule has 5 aromatic rings. The molecule has 1 aliphatic heterocycles. The SMILES string of the molecule is Cc1nc2ccc(-n3ncnc3C3CC(n4cc(-c5ccc(C)c(F)c5)nn4)C(O)C(CO)O3)cc2s1. The molecular formula is C25H24FN7O3S. The minimum absolute atomic E-state index is 0.309. The first-order chi connectivity index (χ1) is 17.9. The van der Waals surface area contributed by atoms with Gasteiger partial charge in [0, 0.05) is 12.0 Å². The number of aliphatic hydroxyl groups excluding tert-OH is 2. The van der Waals surface area contributed by atoms with Crippen molar-refractivity contribution in [1.29, 1.82) is 0 Å². The number of nitrogens with zero attached hydrogens (tertiary/aromatic N) is 7. The Morgan fingerprint density at radius 3 is 2.86 bits per heavy atom. The molecule has 0 aliphatic carbocycles. The van der Waals surface area contributed by atoms with E-state index in [1.165, 1.54) is 12.4 Å². The van der Waals surface area contributed by atoms with Gasteiger partial charge < -0.3 is 14.9 Å². The predicted molar refractivity (Wildman–Crippen MR) is 134 cm³/mol. The second kappa shape index (κ2) is 9.38. The lowest BCUT2D eigenvalue weighted by molar-refractivity contribution is -0.161. The van der Waals surface area contributed by atoms with E-state index in [0.29, 0.717) is 29.1 Å². The summed E-state index contributed by atoms with van der Waals surface area (Å²) in [7, 11) is 0. The highest BCUT2D eigenvalue weighted by Gasteiger charge is 2.41. The van der Waals surface area contributed by atoms with E-state index >= 15 is 0 Å². The molecule has 0 spiro atoms. The molecule has 2 N–H and O–H groups in total. The van der Waals surface area contributed by atoms with Crippen LogP contribution in [0.25, 0.3) is 27.2 Å². The third-order valence-electron chi connectivity index (χ3n) is 6.65. The van der Waals surface area contributed by atoms with Gasteiger partial charge in [0.2, 0.25) is 0 Å².